The van der Waals surface area contributed by atoms with Gasteiger partial charge in [0, 0.05) is 16.9 Å². The van der Waals surface area contributed by atoms with Crippen LogP contribution in [-0.4, -0.2) is 0 Å². The standard InChI is InChI=1S/C50H57N/c1-47(2,3)36-28-35(29-37(30-36)48(4,5)6)42-25-18-20-34-21-19-26-44(46(34)42)43-24-16-17-27-45(43)51(40-22-14-13-15-23-40)41-32-38(49(7,8)9)31-39(33-41)50(10,11)12/h13-33H,1-12H3. The quantitative estimate of drug-likeness (QED) is 0.176. The molecule has 6 aromatic carbocycles. The Bertz CT molecular complexity index is 2100. The summed E-state index contributed by atoms with van der Waals surface area (Å²) in [5.74, 6) is 0. The lowest BCUT2D eigenvalue weighted by molar-refractivity contribution is 0.568. The number of rotatable bonds is 5. The van der Waals surface area contributed by atoms with E-state index < -0.39 is 0 Å². The Morgan fingerprint density at radius 3 is 1.29 bits per heavy atom. The van der Waals surface area contributed by atoms with Crippen molar-refractivity contribution < 1.29 is 0 Å². The first-order valence-corrected chi connectivity index (χ1v) is 18.6. The van der Waals surface area contributed by atoms with Gasteiger partial charge < -0.3 is 4.90 Å². The van der Waals surface area contributed by atoms with E-state index in [0.717, 1.165) is 11.4 Å². The average Bonchev–Trinajstić information content (AvgIpc) is 3.07. The highest BCUT2D eigenvalue weighted by Crippen LogP contribution is 2.46. The third-order valence-electron chi connectivity index (χ3n) is 10.2. The van der Waals surface area contributed by atoms with Gasteiger partial charge in [-0.05, 0) is 102 Å². The largest absolute Gasteiger partial charge is 0.310 e. The number of benzene rings is 6. The molecule has 0 aromatic heterocycles. The first-order chi connectivity index (χ1) is 23.8. The SMILES string of the molecule is CC(C)(C)c1cc(-c2cccc3cccc(-c4ccccc4N(c4ccccc4)c4cc(C(C)(C)C)cc(C(C)(C)C)c4)c23)cc(C(C)(C)C)c1. The zero-order chi connectivity index (χ0) is 36.9. The van der Waals surface area contributed by atoms with Crippen molar-refractivity contribution in [3.8, 4) is 22.3 Å². The molecule has 6 aromatic rings. The molecule has 262 valence electrons. The molecule has 0 amide bonds. The van der Waals surface area contributed by atoms with Gasteiger partial charge in [-0.3, -0.25) is 0 Å². The van der Waals surface area contributed by atoms with E-state index in [1.165, 1.54) is 61.0 Å². The molecule has 0 heterocycles. The summed E-state index contributed by atoms with van der Waals surface area (Å²) in [5.41, 5.74) is 13.9. The van der Waals surface area contributed by atoms with E-state index in [-0.39, 0.29) is 21.7 Å². The lowest BCUT2D eigenvalue weighted by atomic mass is 9.78. The molecule has 0 aliphatic rings. The van der Waals surface area contributed by atoms with Crippen LogP contribution >= 0.6 is 0 Å². The molecule has 0 atom stereocenters. The summed E-state index contributed by atoms with van der Waals surface area (Å²) in [6, 6.07) is 47.9. The molecule has 0 aliphatic heterocycles. The first-order valence-electron chi connectivity index (χ1n) is 18.6. The molecule has 1 heteroatoms. The second-order valence-corrected chi connectivity index (χ2v) is 18.5. The molecule has 0 bridgehead atoms. The molecule has 1 nitrogen and oxygen atoms in total. The highest BCUT2D eigenvalue weighted by molar-refractivity contribution is 6.09. The molecule has 0 saturated carbocycles. The van der Waals surface area contributed by atoms with Gasteiger partial charge in [-0.25, -0.2) is 0 Å². The third kappa shape index (κ3) is 7.55. The summed E-state index contributed by atoms with van der Waals surface area (Å²) < 4.78 is 0. The van der Waals surface area contributed by atoms with Gasteiger partial charge in [0.2, 0.25) is 0 Å². The van der Waals surface area contributed by atoms with Gasteiger partial charge in [-0.2, -0.15) is 0 Å². The zero-order valence-electron chi connectivity index (χ0n) is 33.1. The highest BCUT2D eigenvalue weighted by Gasteiger charge is 2.26. The van der Waals surface area contributed by atoms with Gasteiger partial charge in [0.25, 0.3) is 0 Å². The van der Waals surface area contributed by atoms with Crippen molar-refractivity contribution in [2.24, 2.45) is 0 Å². The second kappa shape index (κ2) is 13.2. The van der Waals surface area contributed by atoms with Crippen molar-refractivity contribution in [2.45, 2.75) is 105 Å². The van der Waals surface area contributed by atoms with Crippen LogP contribution in [0.4, 0.5) is 17.1 Å². The molecule has 0 aliphatic carbocycles. The van der Waals surface area contributed by atoms with E-state index in [1.54, 1.807) is 0 Å². The Balaban J connectivity index is 1.67. The van der Waals surface area contributed by atoms with Crippen LogP contribution < -0.4 is 4.90 Å². The fourth-order valence-corrected chi connectivity index (χ4v) is 6.96. The van der Waals surface area contributed by atoms with Crippen molar-refractivity contribution in [1.82, 2.24) is 0 Å². The van der Waals surface area contributed by atoms with Gasteiger partial charge in [-0.15, -0.1) is 0 Å². The summed E-state index contributed by atoms with van der Waals surface area (Å²) >= 11 is 0. The molecule has 0 radical (unpaired) electrons. The van der Waals surface area contributed by atoms with Gasteiger partial charge in [0.15, 0.2) is 0 Å². The van der Waals surface area contributed by atoms with Crippen LogP contribution in [0.2, 0.25) is 0 Å². The minimum Gasteiger partial charge on any atom is -0.310 e. The Hall–Kier alpha value is -4.62. The molecule has 0 spiro atoms. The van der Waals surface area contributed by atoms with Crippen LogP contribution in [0, 0.1) is 0 Å². The fourth-order valence-electron chi connectivity index (χ4n) is 6.96. The molecule has 0 N–H and O–H groups in total. The van der Waals surface area contributed by atoms with E-state index in [1.807, 2.05) is 0 Å². The molecule has 0 unspecified atom stereocenters. The Labute approximate surface area is 308 Å². The predicted octanol–water partition coefficient (Wildman–Crippen LogP) is 14.8. The molecular formula is C50H57N. The minimum absolute atomic E-state index is 0.00405. The van der Waals surface area contributed by atoms with Gasteiger partial charge in [-0.1, -0.05) is 180 Å². The lowest BCUT2D eigenvalue weighted by Crippen LogP contribution is -2.19. The summed E-state index contributed by atoms with van der Waals surface area (Å²) in [6.07, 6.45) is 0. The summed E-state index contributed by atoms with van der Waals surface area (Å²) in [6.45, 7) is 27.8. The van der Waals surface area contributed by atoms with E-state index in [2.05, 4.69) is 215 Å². The van der Waals surface area contributed by atoms with Crippen LogP contribution in [0.25, 0.3) is 33.0 Å². The Morgan fingerprint density at radius 2 is 0.784 bits per heavy atom. The smallest absolute Gasteiger partial charge is 0.0540 e. The van der Waals surface area contributed by atoms with E-state index in [0.29, 0.717) is 0 Å². The highest BCUT2D eigenvalue weighted by atomic mass is 15.1. The van der Waals surface area contributed by atoms with Crippen LogP contribution in [0.5, 0.6) is 0 Å². The normalized spacial score (nSPS) is 12.7. The van der Waals surface area contributed by atoms with Crippen LogP contribution in [0.15, 0.2) is 127 Å². The van der Waals surface area contributed by atoms with Gasteiger partial charge in [0.05, 0.1) is 5.69 Å². The number of hydrogen-bond donors (Lipinski definition) is 0. The van der Waals surface area contributed by atoms with Gasteiger partial charge in [0.1, 0.15) is 0 Å². The number of hydrogen-bond acceptors (Lipinski definition) is 1. The number of para-hydroxylation sites is 2. The number of anilines is 3. The summed E-state index contributed by atoms with van der Waals surface area (Å²) in [7, 11) is 0. The topological polar surface area (TPSA) is 3.24 Å². The third-order valence-corrected chi connectivity index (χ3v) is 10.2. The Morgan fingerprint density at radius 1 is 0.353 bits per heavy atom. The maximum absolute atomic E-state index is 2.47. The predicted molar refractivity (Wildman–Crippen MR) is 224 cm³/mol. The van der Waals surface area contributed by atoms with Crippen molar-refractivity contribution in [3.05, 3.63) is 150 Å². The minimum atomic E-state index is -0.00405. The van der Waals surface area contributed by atoms with Crippen LogP contribution in [0.3, 0.4) is 0 Å². The van der Waals surface area contributed by atoms with E-state index in [9.17, 15) is 0 Å². The van der Waals surface area contributed by atoms with Crippen LogP contribution in [-0.2, 0) is 21.7 Å². The van der Waals surface area contributed by atoms with Crippen molar-refractivity contribution in [2.75, 3.05) is 4.90 Å². The molecular weight excluding hydrogens is 615 g/mol. The molecule has 51 heavy (non-hydrogen) atoms. The monoisotopic (exact) mass is 671 g/mol. The number of nitrogens with zero attached hydrogens (tertiary/aromatic N) is 1. The maximum Gasteiger partial charge on any atom is 0.0540 e. The van der Waals surface area contributed by atoms with Crippen LogP contribution in [0.1, 0.15) is 105 Å². The molecule has 0 fully saturated rings. The molecule has 0 saturated heterocycles. The lowest BCUT2D eigenvalue weighted by Gasteiger charge is -2.32. The van der Waals surface area contributed by atoms with E-state index in [4.69, 9.17) is 0 Å². The summed E-state index contributed by atoms with van der Waals surface area (Å²) in [5, 5.41) is 2.53. The maximum atomic E-state index is 2.47. The van der Waals surface area contributed by atoms with E-state index >= 15 is 0 Å². The second-order valence-electron chi connectivity index (χ2n) is 18.5. The first kappa shape index (κ1) is 36.2. The van der Waals surface area contributed by atoms with Gasteiger partial charge >= 0.3 is 0 Å². The van der Waals surface area contributed by atoms with Crippen molar-refractivity contribution in [1.29, 1.82) is 0 Å². The Kier molecular flexibility index (Phi) is 9.34. The van der Waals surface area contributed by atoms with Crippen molar-refractivity contribution >= 4 is 27.8 Å². The molecule has 6 rings (SSSR count). The zero-order valence-corrected chi connectivity index (χ0v) is 33.1. The summed E-state index contributed by atoms with van der Waals surface area (Å²) in [4.78, 5) is 2.47. The van der Waals surface area contributed by atoms with Crippen molar-refractivity contribution in [3.63, 3.8) is 0 Å². The average molecular weight is 672 g/mol. The fraction of sp³-hybridized carbons (Fsp3) is 0.320. The number of fused-ring (bicyclic) bond motifs is 1.